The van der Waals surface area contributed by atoms with E-state index in [9.17, 15) is 4.79 Å². The average Bonchev–Trinajstić information content (AvgIpc) is 3.17. The molecule has 1 heterocycles. The lowest BCUT2D eigenvalue weighted by molar-refractivity contribution is -0.137. The van der Waals surface area contributed by atoms with E-state index >= 15 is 0 Å². The molecule has 1 atom stereocenters. The van der Waals surface area contributed by atoms with Crippen molar-refractivity contribution in [3.05, 3.63) is 78.1 Å². The Morgan fingerprint density at radius 3 is 2.59 bits per heavy atom. The van der Waals surface area contributed by atoms with Crippen molar-refractivity contribution in [2.24, 2.45) is 0 Å². The maximum absolute atomic E-state index is 12.6. The molecule has 0 unspecified atom stereocenters. The van der Waals surface area contributed by atoms with Gasteiger partial charge in [0.15, 0.2) is 6.10 Å². The summed E-state index contributed by atoms with van der Waals surface area (Å²) in [5.41, 5.74) is 2.45. The van der Waals surface area contributed by atoms with Gasteiger partial charge in [0, 0.05) is 25.4 Å². The van der Waals surface area contributed by atoms with Crippen LogP contribution in [0.15, 0.2) is 67.0 Å². The fraction of sp³-hybridized carbons (Fsp3) is 0.190. The van der Waals surface area contributed by atoms with Gasteiger partial charge in [-0.05, 0) is 43.3 Å². The van der Waals surface area contributed by atoms with Gasteiger partial charge in [-0.2, -0.15) is 10.4 Å². The van der Waals surface area contributed by atoms with E-state index in [4.69, 9.17) is 10.00 Å². The zero-order valence-electron chi connectivity index (χ0n) is 15.2. The first-order valence-corrected chi connectivity index (χ1v) is 8.57. The van der Waals surface area contributed by atoms with Crippen LogP contribution < -0.4 is 4.74 Å². The summed E-state index contributed by atoms with van der Waals surface area (Å²) in [7, 11) is 1.74. The highest BCUT2D eigenvalue weighted by molar-refractivity contribution is 5.80. The summed E-state index contributed by atoms with van der Waals surface area (Å²) < 4.78 is 7.47. The zero-order chi connectivity index (χ0) is 19.2. The Morgan fingerprint density at radius 1 is 1.22 bits per heavy atom. The van der Waals surface area contributed by atoms with E-state index in [0.29, 0.717) is 17.9 Å². The summed E-state index contributed by atoms with van der Waals surface area (Å²) in [5, 5.41) is 13.2. The normalized spacial score (nSPS) is 11.4. The molecule has 2 aromatic carbocycles. The Hall–Kier alpha value is -3.59. The zero-order valence-corrected chi connectivity index (χ0v) is 15.2. The molecule has 0 aliphatic carbocycles. The van der Waals surface area contributed by atoms with Crippen molar-refractivity contribution in [2.75, 3.05) is 7.05 Å². The highest BCUT2D eigenvalue weighted by Crippen LogP contribution is 2.15. The van der Waals surface area contributed by atoms with Gasteiger partial charge >= 0.3 is 0 Å². The third-order valence-corrected chi connectivity index (χ3v) is 4.10. The van der Waals surface area contributed by atoms with Gasteiger partial charge in [0.05, 0.1) is 23.5 Å². The molecule has 0 saturated carbocycles. The van der Waals surface area contributed by atoms with E-state index in [1.165, 1.54) is 0 Å². The second-order valence-electron chi connectivity index (χ2n) is 6.22. The molecule has 0 spiro atoms. The van der Waals surface area contributed by atoms with Gasteiger partial charge in [-0.1, -0.05) is 18.2 Å². The highest BCUT2D eigenvalue weighted by Gasteiger charge is 2.20. The SMILES string of the molecule is C[C@@H](Oc1ccc(C#N)cc1)C(=O)N(C)Cc1cnn(-c2ccccc2)c1. The summed E-state index contributed by atoms with van der Waals surface area (Å²) >= 11 is 0. The number of rotatable bonds is 6. The standard InChI is InChI=1S/C21H20N4O2/c1-16(27-20-10-8-17(12-22)9-11-20)21(26)24(2)14-18-13-23-25(15-18)19-6-4-3-5-7-19/h3-11,13,15-16H,14H2,1-2H3/t16-/m1/s1. The van der Waals surface area contributed by atoms with Crippen LogP contribution in [0.2, 0.25) is 0 Å². The third kappa shape index (κ3) is 4.53. The molecular formula is C21H20N4O2. The van der Waals surface area contributed by atoms with Crippen molar-refractivity contribution in [3.8, 4) is 17.5 Å². The van der Waals surface area contributed by atoms with E-state index < -0.39 is 6.10 Å². The topological polar surface area (TPSA) is 71.2 Å². The molecule has 1 aromatic heterocycles. The fourth-order valence-electron chi connectivity index (χ4n) is 2.69. The second kappa shape index (κ2) is 8.19. The maximum Gasteiger partial charge on any atom is 0.263 e. The van der Waals surface area contributed by atoms with Gasteiger partial charge in [0.25, 0.3) is 5.91 Å². The number of aromatic nitrogens is 2. The Bertz CT molecular complexity index is 942. The van der Waals surface area contributed by atoms with Crippen LogP contribution in [0.3, 0.4) is 0 Å². The molecule has 0 radical (unpaired) electrons. The molecule has 136 valence electrons. The highest BCUT2D eigenvalue weighted by atomic mass is 16.5. The molecule has 3 rings (SSSR count). The predicted molar refractivity (Wildman–Crippen MR) is 101 cm³/mol. The molecule has 0 saturated heterocycles. The monoisotopic (exact) mass is 360 g/mol. The van der Waals surface area contributed by atoms with E-state index in [2.05, 4.69) is 11.2 Å². The summed E-state index contributed by atoms with van der Waals surface area (Å²) in [5.74, 6) is 0.423. The van der Waals surface area contributed by atoms with Gasteiger partial charge in [-0.3, -0.25) is 4.79 Å². The summed E-state index contributed by atoms with van der Waals surface area (Å²) in [6.45, 7) is 2.15. The van der Waals surface area contributed by atoms with Crippen LogP contribution in [0.1, 0.15) is 18.1 Å². The lowest BCUT2D eigenvalue weighted by atomic mass is 10.2. The van der Waals surface area contributed by atoms with Crippen LogP contribution >= 0.6 is 0 Å². The molecule has 1 amide bonds. The molecule has 6 heteroatoms. The number of amides is 1. The van der Waals surface area contributed by atoms with Crippen molar-refractivity contribution in [3.63, 3.8) is 0 Å². The number of hydrogen-bond acceptors (Lipinski definition) is 4. The van der Waals surface area contributed by atoms with Crippen LogP contribution in [0.5, 0.6) is 5.75 Å². The van der Waals surface area contributed by atoms with Crippen molar-refractivity contribution in [1.82, 2.24) is 14.7 Å². The average molecular weight is 360 g/mol. The molecule has 0 aliphatic rings. The number of carbonyl (C=O) groups excluding carboxylic acids is 1. The van der Waals surface area contributed by atoms with Crippen LogP contribution in [0.25, 0.3) is 5.69 Å². The molecule has 0 N–H and O–H groups in total. The number of carbonyl (C=O) groups is 1. The fourth-order valence-corrected chi connectivity index (χ4v) is 2.69. The second-order valence-corrected chi connectivity index (χ2v) is 6.22. The van der Waals surface area contributed by atoms with Gasteiger partial charge in [-0.25, -0.2) is 4.68 Å². The Kier molecular flexibility index (Phi) is 5.53. The molecule has 0 bridgehead atoms. The van der Waals surface area contributed by atoms with Crippen molar-refractivity contribution in [1.29, 1.82) is 5.26 Å². The number of ether oxygens (including phenoxy) is 1. The first-order valence-electron chi connectivity index (χ1n) is 8.57. The largest absolute Gasteiger partial charge is 0.481 e. The molecule has 6 nitrogen and oxygen atoms in total. The summed E-state index contributed by atoms with van der Waals surface area (Å²) in [6, 6.07) is 18.5. The Labute approximate surface area is 158 Å². The number of nitriles is 1. The van der Waals surface area contributed by atoms with Crippen LogP contribution in [-0.2, 0) is 11.3 Å². The number of nitrogens with zero attached hydrogens (tertiary/aromatic N) is 4. The summed E-state index contributed by atoms with van der Waals surface area (Å²) in [4.78, 5) is 14.2. The van der Waals surface area contributed by atoms with E-state index in [1.807, 2.05) is 36.5 Å². The minimum Gasteiger partial charge on any atom is -0.481 e. The summed E-state index contributed by atoms with van der Waals surface area (Å²) in [6.07, 6.45) is 3.03. The van der Waals surface area contributed by atoms with Gasteiger partial charge < -0.3 is 9.64 Å². The number of hydrogen-bond donors (Lipinski definition) is 0. The van der Waals surface area contributed by atoms with Crippen LogP contribution in [0, 0.1) is 11.3 Å². The molecule has 0 fully saturated rings. The Balaban J connectivity index is 1.60. The van der Waals surface area contributed by atoms with Gasteiger partial charge in [0.1, 0.15) is 5.75 Å². The predicted octanol–water partition coefficient (Wildman–Crippen LogP) is 3.17. The quantitative estimate of drug-likeness (QED) is 0.677. The van der Waals surface area contributed by atoms with E-state index in [1.54, 1.807) is 54.0 Å². The van der Waals surface area contributed by atoms with Crippen molar-refractivity contribution in [2.45, 2.75) is 19.6 Å². The minimum absolute atomic E-state index is 0.133. The molecular weight excluding hydrogens is 340 g/mol. The molecule has 0 aliphatic heterocycles. The molecule has 27 heavy (non-hydrogen) atoms. The smallest absolute Gasteiger partial charge is 0.263 e. The minimum atomic E-state index is -0.632. The van der Waals surface area contributed by atoms with Crippen molar-refractivity contribution < 1.29 is 9.53 Å². The first-order chi connectivity index (χ1) is 13.1. The van der Waals surface area contributed by atoms with E-state index in [-0.39, 0.29) is 5.91 Å². The third-order valence-electron chi connectivity index (χ3n) is 4.10. The first kappa shape index (κ1) is 18.2. The Morgan fingerprint density at radius 2 is 1.93 bits per heavy atom. The maximum atomic E-state index is 12.6. The number of para-hydroxylation sites is 1. The van der Waals surface area contributed by atoms with Gasteiger partial charge in [-0.15, -0.1) is 0 Å². The van der Waals surface area contributed by atoms with E-state index in [0.717, 1.165) is 11.3 Å². The number of benzene rings is 2. The number of likely N-dealkylation sites (N-methyl/N-ethyl adjacent to an activating group) is 1. The lowest BCUT2D eigenvalue weighted by Crippen LogP contribution is -2.37. The lowest BCUT2D eigenvalue weighted by Gasteiger charge is -2.21. The van der Waals surface area contributed by atoms with Crippen LogP contribution in [-0.4, -0.2) is 33.7 Å². The van der Waals surface area contributed by atoms with Gasteiger partial charge in [0.2, 0.25) is 0 Å². The molecule has 3 aromatic rings. The van der Waals surface area contributed by atoms with Crippen LogP contribution in [0.4, 0.5) is 0 Å². The van der Waals surface area contributed by atoms with Crippen molar-refractivity contribution >= 4 is 5.91 Å².